The van der Waals surface area contributed by atoms with Crippen LogP contribution in [0.3, 0.4) is 0 Å². The Balaban J connectivity index is 0.00000210. The molecule has 1 unspecified atom stereocenters. The average molecular weight is 407 g/mol. The molecule has 0 spiro atoms. The van der Waals surface area contributed by atoms with Crippen molar-refractivity contribution in [1.29, 1.82) is 0 Å². The van der Waals surface area contributed by atoms with Gasteiger partial charge in [-0.2, -0.15) is 0 Å². The second kappa shape index (κ2) is 8.98. The lowest BCUT2D eigenvalue weighted by Crippen LogP contribution is -2.37. The maximum absolute atomic E-state index is 6.56. The standard InChI is InChI=1S/C21H26Cl2N2O.CH2/c22-17-5-6-18(19(23)11-17)20(13-25-10-9-24-15-25)26-14-21-7-1-3-16(12-21)4-2-8-21;/h5-6,9-11,15-16,20H,1-4,7-8,12-14H2;1H2. The van der Waals surface area contributed by atoms with Crippen molar-refractivity contribution in [2.75, 3.05) is 6.61 Å². The van der Waals surface area contributed by atoms with E-state index >= 15 is 0 Å². The molecule has 27 heavy (non-hydrogen) atoms. The first kappa shape index (κ1) is 20.7. The molecular formula is C22H28Cl2N2O. The van der Waals surface area contributed by atoms with Gasteiger partial charge in [-0.25, -0.2) is 4.98 Å². The van der Waals surface area contributed by atoms with E-state index in [1.807, 2.05) is 24.7 Å². The normalized spacial score (nSPS) is 25.6. The summed E-state index contributed by atoms with van der Waals surface area (Å²) in [5, 5.41) is 1.33. The number of benzene rings is 1. The van der Waals surface area contributed by atoms with Crippen LogP contribution in [0.5, 0.6) is 0 Å². The topological polar surface area (TPSA) is 27.1 Å². The predicted octanol–water partition coefficient (Wildman–Crippen LogP) is 6.64. The third kappa shape index (κ3) is 4.88. The van der Waals surface area contributed by atoms with Gasteiger partial charge in [-0.1, -0.05) is 62.4 Å². The average Bonchev–Trinajstić information content (AvgIpc) is 3.12. The molecule has 0 N–H and O–H groups in total. The van der Waals surface area contributed by atoms with Gasteiger partial charge in [-0.3, -0.25) is 0 Å². The predicted molar refractivity (Wildman–Crippen MR) is 111 cm³/mol. The minimum absolute atomic E-state index is 0. The first-order valence-electron chi connectivity index (χ1n) is 9.66. The second-order valence-electron chi connectivity index (χ2n) is 8.08. The third-order valence-corrected chi connectivity index (χ3v) is 6.76. The van der Waals surface area contributed by atoms with Crippen LogP contribution in [0.15, 0.2) is 36.9 Å². The van der Waals surface area contributed by atoms with Crippen LogP contribution >= 0.6 is 23.2 Å². The Morgan fingerprint density at radius 1 is 1.22 bits per heavy atom. The number of hydrogen-bond acceptors (Lipinski definition) is 2. The fourth-order valence-corrected chi connectivity index (χ4v) is 5.42. The molecule has 146 valence electrons. The van der Waals surface area contributed by atoms with E-state index in [0.717, 1.165) is 18.1 Å². The maximum Gasteiger partial charge on any atom is 0.102 e. The zero-order valence-corrected chi connectivity index (χ0v) is 17.3. The number of nitrogens with zero attached hydrogens (tertiary/aromatic N) is 2. The first-order valence-corrected chi connectivity index (χ1v) is 10.4. The molecule has 2 radical (unpaired) electrons. The van der Waals surface area contributed by atoms with Crippen LogP contribution in [0.25, 0.3) is 0 Å². The molecule has 2 aromatic rings. The number of imidazole rings is 1. The summed E-state index contributed by atoms with van der Waals surface area (Å²) in [6.07, 6.45) is 14.9. The van der Waals surface area contributed by atoms with Crippen LogP contribution < -0.4 is 0 Å². The van der Waals surface area contributed by atoms with Gasteiger partial charge in [0.05, 0.1) is 19.5 Å². The van der Waals surface area contributed by atoms with Gasteiger partial charge in [0.25, 0.3) is 0 Å². The highest BCUT2D eigenvalue weighted by Gasteiger charge is 2.40. The molecule has 0 aliphatic heterocycles. The van der Waals surface area contributed by atoms with Gasteiger partial charge in [0.2, 0.25) is 0 Å². The third-order valence-electron chi connectivity index (χ3n) is 6.20. The van der Waals surface area contributed by atoms with Crippen molar-refractivity contribution in [2.45, 2.75) is 57.6 Å². The second-order valence-corrected chi connectivity index (χ2v) is 8.92. The summed E-state index contributed by atoms with van der Waals surface area (Å²) >= 11 is 12.6. The minimum atomic E-state index is -0.0920. The van der Waals surface area contributed by atoms with Crippen molar-refractivity contribution in [3.05, 3.63) is 60.0 Å². The molecule has 2 aliphatic carbocycles. The van der Waals surface area contributed by atoms with E-state index in [1.54, 1.807) is 12.3 Å². The van der Waals surface area contributed by atoms with Crippen LogP contribution in [0.2, 0.25) is 10.0 Å². The molecule has 3 nitrogen and oxygen atoms in total. The summed E-state index contributed by atoms with van der Waals surface area (Å²) in [5.74, 6) is 0.910. The van der Waals surface area contributed by atoms with Gasteiger partial charge >= 0.3 is 0 Å². The van der Waals surface area contributed by atoms with Crippen LogP contribution in [-0.2, 0) is 11.3 Å². The lowest BCUT2D eigenvalue weighted by molar-refractivity contribution is -0.0587. The summed E-state index contributed by atoms with van der Waals surface area (Å²) in [4.78, 5) is 4.16. The molecule has 1 heterocycles. The number of hydrogen-bond donors (Lipinski definition) is 0. The van der Waals surface area contributed by atoms with Crippen molar-refractivity contribution in [3.8, 4) is 0 Å². The summed E-state index contributed by atoms with van der Waals surface area (Å²) in [7, 11) is 0. The zero-order chi connectivity index (χ0) is 18.0. The van der Waals surface area contributed by atoms with Gasteiger partial charge in [0.15, 0.2) is 0 Å². The SMILES string of the molecule is Clc1ccc(C(Cn2ccnc2)OCC23CCCC(CCC2)C3)c(Cl)c1.[CH2]. The van der Waals surface area contributed by atoms with Crippen molar-refractivity contribution >= 4 is 23.2 Å². The van der Waals surface area contributed by atoms with Crippen LogP contribution in [-0.4, -0.2) is 16.2 Å². The molecule has 4 rings (SSSR count). The van der Waals surface area contributed by atoms with E-state index in [4.69, 9.17) is 27.9 Å². The molecule has 2 fully saturated rings. The fraction of sp³-hybridized carbons (Fsp3) is 0.545. The first-order chi connectivity index (χ1) is 12.6. The highest BCUT2D eigenvalue weighted by atomic mass is 35.5. The Labute approximate surface area is 173 Å². The smallest absolute Gasteiger partial charge is 0.102 e. The van der Waals surface area contributed by atoms with E-state index in [2.05, 4.69) is 9.55 Å². The van der Waals surface area contributed by atoms with Crippen LogP contribution in [0.1, 0.15) is 56.6 Å². The van der Waals surface area contributed by atoms with E-state index in [9.17, 15) is 0 Å². The minimum Gasteiger partial charge on any atom is -0.371 e. The van der Waals surface area contributed by atoms with Gasteiger partial charge in [-0.05, 0) is 42.7 Å². The number of halogens is 2. The van der Waals surface area contributed by atoms with Crippen LogP contribution in [0.4, 0.5) is 0 Å². The molecule has 1 aromatic heterocycles. The van der Waals surface area contributed by atoms with Crippen molar-refractivity contribution < 1.29 is 4.74 Å². The molecule has 2 saturated carbocycles. The van der Waals surface area contributed by atoms with Crippen molar-refractivity contribution in [3.63, 3.8) is 0 Å². The molecule has 0 amide bonds. The molecular weight excluding hydrogens is 379 g/mol. The summed E-state index contributed by atoms with van der Waals surface area (Å²) in [6, 6.07) is 5.69. The fourth-order valence-electron chi connectivity index (χ4n) is 4.89. The zero-order valence-electron chi connectivity index (χ0n) is 15.7. The maximum atomic E-state index is 6.56. The van der Waals surface area contributed by atoms with E-state index < -0.39 is 0 Å². The Bertz CT molecular complexity index is 722. The molecule has 1 aromatic carbocycles. The Hall–Kier alpha value is -1.03. The number of fused-ring (bicyclic) bond motifs is 2. The van der Waals surface area contributed by atoms with Crippen molar-refractivity contribution in [1.82, 2.24) is 9.55 Å². The molecule has 2 bridgehead atoms. The molecule has 1 atom stereocenters. The van der Waals surface area contributed by atoms with E-state index in [1.165, 1.54) is 44.9 Å². The Morgan fingerprint density at radius 2 is 2.00 bits per heavy atom. The Morgan fingerprint density at radius 3 is 2.67 bits per heavy atom. The highest BCUT2D eigenvalue weighted by molar-refractivity contribution is 6.35. The van der Waals surface area contributed by atoms with Gasteiger partial charge < -0.3 is 9.30 Å². The van der Waals surface area contributed by atoms with Gasteiger partial charge in [-0.15, -0.1) is 0 Å². The van der Waals surface area contributed by atoms with E-state index in [0.29, 0.717) is 22.0 Å². The van der Waals surface area contributed by atoms with Gasteiger partial charge in [0, 0.05) is 28.0 Å². The van der Waals surface area contributed by atoms with E-state index in [-0.39, 0.29) is 13.5 Å². The van der Waals surface area contributed by atoms with Crippen LogP contribution in [0, 0.1) is 18.8 Å². The summed E-state index contributed by atoms with van der Waals surface area (Å²) in [6.45, 7) is 1.53. The quantitative estimate of drug-likeness (QED) is 0.537. The number of ether oxygens (including phenoxy) is 1. The highest BCUT2D eigenvalue weighted by Crippen LogP contribution is 2.49. The Kier molecular flexibility index (Phi) is 6.88. The molecule has 2 aliphatic rings. The number of aromatic nitrogens is 2. The summed E-state index contributed by atoms with van der Waals surface area (Å²) < 4.78 is 8.62. The molecule has 5 heteroatoms. The summed E-state index contributed by atoms with van der Waals surface area (Å²) in [5.41, 5.74) is 1.37. The van der Waals surface area contributed by atoms with Crippen molar-refractivity contribution in [2.24, 2.45) is 11.3 Å². The largest absolute Gasteiger partial charge is 0.371 e. The lowest BCUT2D eigenvalue weighted by Gasteiger charge is -2.45. The van der Waals surface area contributed by atoms with Gasteiger partial charge in [0.1, 0.15) is 6.10 Å². The monoisotopic (exact) mass is 406 g/mol. The number of rotatable bonds is 6. The molecule has 0 saturated heterocycles. The lowest BCUT2D eigenvalue weighted by atomic mass is 9.62.